The minimum absolute atomic E-state index is 0.259. The minimum atomic E-state index is 0.259. The highest BCUT2D eigenvalue weighted by atomic mass is 15.2. The van der Waals surface area contributed by atoms with Gasteiger partial charge in [0.15, 0.2) is 0 Å². The molecule has 2 N–H and O–H groups in total. The predicted molar refractivity (Wildman–Crippen MR) is 114 cm³/mol. The zero-order chi connectivity index (χ0) is 20.8. The normalized spacial score (nSPS) is 16.5. The molecule has 1 saturated heterocycles. The van der Waals surface area contributed by atoms with Gasteiger partial charge < -0.3 is 10.3 Å². The number of anilines is 2. The number of imidazole rings is 1. The van der Waals surface area contributed by atoms with Crippen LogP contribution < -0.4 is 5.32 Å². The second-order valence-electron chi connectivity index (χ2n) is 7.56. The van der Waals surface area contributed by atoms with Crippen LogP contribution in [0.15, 0.2) is 36.8 Å². The zero-order valence-corrected chi connectivity index (χ0v) is 17.2. The van der Waals surface area contributed by atoms with E-state index in [0.29, 0.717) is 11.6 Å². The van der Waals surface area contributed by atoms with Gasteiger partial charge in [-0.25, -0.2) is 19.9 Å². The van der Waals surface area contributed by atoms with Crippen molar-refractivity contribution in [2.75, 3.05) is 11.9 Å². The van der Waals surface area contributed by atoms with Crippen LogP contribution >= 0.6 is 0 Å². The molecule has 1 fully saturated rings. The first-order valence-corrected chi connectivity index (χ1v) is 10.5. The van der Waals surface area contributed by atoms with Crippen LogP contribution in [0.5, 0.6) is 0 Å². The second-order valence-corrected chi connectivity index (χ2v) is 7.56. The Morgan fingerprint density at radius 1 is 1.23 bits per heavy atom. The van der Waals surface area contributed by atoms with E-state index in [9.17, 15) is 0 Å². The first-order chi connectivity index (χ1) is 14.7. The van der Waals surface area contributed by atoms with E-state index >= 15 is 0 Å². The molecule has 1 aliphatic rings. The molecule has 8 heteroatoms. The van der Waals surface area contributed by atoms with Gasteiger partial charge in [-0.1, -0.05) is 13.3 Å². The number of nitriles is 1. The summed E-state index contributed by atoms with van der Waals surface area (Å²) in [4.78, 5) is 23.6. The van der Waals surface area contributed by atoms with Crippen LogP contribution in [0, 0.1) is 11.3 Å². The van der Waals surface area contributed by atoms with Crippen LogP contribution in [0.2, 0.25) is 0 Å². The van der Waals surface area contributed by atoms with Gasteiger partial charge >= 0.3 is 0 Å². The number of hydrogen-bond donors (Lipinski definition) is 2. The molecule has 0 aliphatic carbocycles. The van der Waals surface area contributed by atoms with Crippen LogP contribution in [0.4, 0.5) is 11.6 Å². The summed E-state index contributed by atoms with van der Waals surface area (Å²) < 4.78 is 0. The van der Waals surface area contributed by atoms with E-state index in [2.05, 4.69) is 37.1 Å². The Morgan fingerprint density at radius 3 is 2.97 bits per heavy atom. The van der Waals surface area contributed by atoms with Crippen molar-refractivity contribution in [1.29, 1.82) is 5.26 Å². The molecule has 4 heterocycles. The van der Waals surface area contributed by atoms with E-state index in [1.54, 1.807) is 24.5 Å². The summed E-state index contributed by atoms with van der Waals surface area (Å²) in [5, 5.41) is 12.1. The van der Waals surface area contributed by atoms with Gasteiger partial charge in [-0.15, -0.1) is 0 Å². The highest BCUT2D eigenvalue weighted by molar-refractivity contribution is 5.52. The van der Waals surface area contributed by atoms with E-state index in [4.69, 9.17) is 10.2 Å². The van der Waals surface area contributed by atoms with Crippen molar-refractivity contribution >= 4 is 11.6 Å². The summed E-state index contributed by atoms with van der Waals surface area (Å²) in [5.41, 5.74) is 3.31. The number of nitrogens with zero attached hydrogens (tertiary/aromatic N) is 6. The second kappa shape index (κ2) is 9.46. The highest BCUT2D eigenvalue weighted by Crippen LogP contribution is 2.32. The molecule has 0 radical (unpaired) electrons. The Bertz CT molecular complexity index is 1000. The van der Waals surface area contributed by atoms with Crippen molar-refractivity contribution in [3.05, 3.63) is 59.7 Å². The maximum Gasteiger partial charge on any atom is 0.227 e. The predicted octanol–water partition coefficient (Wildman–Crippen LogP) is 3.89. The smallest absolute Gasteiger partial charge is 0.227 e. The fourth-order valence-electron chi connectivity index (χ4n) is 3.81. The van der Waals surface area contributed by atoms with Gasteiger partial charge in [0.2, 0.25) is 5.95 Å². The summed E-state index contributed by atoms with van der Waals surface area (Å²) in [6.07, 6.45) is 10.9. The van der Waals surface area contributed by atoms with E-state index in [1.165, 1.54) is 6.42 Å². The van der Waals surface area contributed by atoms with Gasteiger partial charge in [-0.05, 0) is 44.0 Å². The largest absolute Gasteiger partial charge is 0.345 e. The fraction of sp³-hybridized carbons (Fsp3) is 0.409. The third kappa shape index (κ3) is 4.81. The lowest BCUT2D eigenvalue weighted by Crippen LogP contribution is -2.24. The number of aryl methyl sites for hydroxylation is 1. The third-order valence-corrected chi connectivity index (χ3v) is 5.34. The van der Waals surface area contributed by atoms with Gasteiger partial charge in [-0.3, -0.25) is 4.90 Å². The number of hydrogen-bond acceptors (Lipinski definition) is 7. The molecule has 8 nitrogen and oxygen atoms in total. The van der Waals surface area contributed by atoms with Crippen LogP contribution in [-0.4, -0.2) is 36.4 Å². The van der Waals surface area contributed by atoms with Crippen molar-refractivity contribution in [2.24, 2.45) is 0 Å². The average molecular weight is 403 g/mol. The van der Waals surface area contributed by atoms with Crippen molar-refractivity contribution < 1.29 is 0 Å². The maximum atomic E-state index is 8.88. The van der Waals surface area contributed by atoms with Crippen molar-refractivity contribution in [2.45, 2.75) is 51.6 Å². The van der Waals surface area contributed by atoms with Crippen LogP contribution in [0.1, 0.15) is 61.6 Å². The molecule has 0 bridgehead atoms. The van der Waals surface area contributed by atoms with Gasteiger partial charge in [0.1, 0.15) is 17.6 Å². The lowest BCUT2D eigenvalue weighted by molar-refractivity contribution is 0.242. The Kier molecular flexibility index (Phi) is 6.30. The lowest BCUT2D eigenvalue weighted by Gasteiger charge is -2.23. The number of likely N-dealkylation sites (tertiary alicyclic amines) is 1. The molecule has 0 aromatic carbocycles. The number of aromatic nitrogens is 5. The standard InChI is InChI=1S/C22H26N8/c1-2-3-6-21-26-14-18(27-21)15-30-11-4-5-20(30)19-9-10-24-22(29-19)28-17-8-7-16(12-23)25-13-17/h7-10,13-14,20H,2-6,11,15H2,1H3,(H,26,27)(H,24,28,29)/t20-/m0/s1. The molecule has 4 rings (SSSR count). The van der Waals surface area contributed by atoms with E-state index < -0.39 is 0 Å². The van der Waals surface area contributed by atoms with Crippen LogP contribution in [0.3, 0.4) is 0 Å². The van der Waals surface area contributed by atoms with E-state index in [0.717, 1.165) is 61.7 Å². The molecule has 1 atom stereocenters. The quantitative estimate of drug-likeness (QED) is 0.589. The van der Waals surface area contributed by atoms with Crippen molar-refractivity contribution in [3.63, 3.8) is 0 Å². The average Bonchev–Trinajstić information content (AvgIpc) is 3.43. The molecule has 0 spiro atoms. The number of rotatable bonds is 8. The summed E-state index contributed by atoms with van der Waals surface area (Å²) in [5.74, 6) is 1.61. The molecular formula is C22H26N8. The fourth-order valence-corrected chi connectivity index (χ4v) is 3.81. The van der Waals surface area contributed by atoms with Crippen LogP contribution in [-0.2, 0) is 13.0 Å². The summed E-state index contributed by atoms with van der Waals surface area (Å²) in [6.45, 7) is 4.08. The summed E-state index contributed by atoms with van der Waals surface area (Å²) >= 11 is 0. The Morgan fingerprint density at radius 2 is 2.17 bits per heavy atom. The lowest BCUT2D eigenvalue weighted by atomic mass is 10.1. The summed E-state index contributed by atoms with van der Waals surface area (Å²) in [6, 6.07) is 7.74. The Balaban J connectivity index is 1.44. The van der Waals surface area contributed by atoms with E-state index in [1.807, 2.05) is 18.3 Å². The molecule has 154 valence electrons. The third-order valence-electron chi connectivity index (χ3n) is 5.34. The van der Waals surface area contributed by atoms with Crippen molar-refractivity contribution in [1.82, 2.24) is 29.8 Å². The number of aromatic amines is 1. The number of pyridine rings is 1. The summed E-state index contributed by atoms with van der Waals surface area (Å²) in [7, 11) is 0. The van der Waals surface area contributed by atoms with Gasteiger partial charge in [0.25, 0.3) is 0 Å². The Hall–Kier alpha value is -3.31. The number of unbranched alkanes of at least 4 members (excludes halogenated alkanes) is 1. The molecular weight excluding hydrogens is 376 g/mol. The van der Waals surface area contributed by atoms with E-state index in [-0.39, 0.29) is 6.04 Å². The molecule has 1 aliphatic heterocycles. The number of H-pyrrole nitrogens is 1. The molecule has 3 aromatic rings. The zero-order valence-electron chi connectivity index (χ0n) is 17.2. The molecule has 0 amide bonds. The van der Waals surface area contributed by atoms with Gasteiger partial charge in [0, 0.05) is 31.1 Å². The molecule has 30 heavy (non-hydrogen) atoms. The molecule has 3 aromatic heterocycles. The van der Waals surface area contributed by atoms with Crippen LogP contribution in [0.25, 0.3) is 0 Å². The topological polar surface area (TPSA) is 106 Å². The SMILES string of the molecule is CCCCc1ncc(CN2CCC[C@H]2c2ccnc(Nc3ccc(C#N)nc3)n2)[nH]1. The minimum Gasteiger partial charge on any atom is -0.345 e. The monoisotopic (exact) mass is 402 g/mol. The van der Waals surface area contributed by atoms with Crippen molar-refractivity contribution in [3.8, 4) is 6.07 Å². The Labute approximate surface area is 176 Å². The maximum absolute atomic E-state index is 8.88. The molecule has 0 unspecified atom stereocenters. The van der Waals surface area contributed by atoms with Gasteiger partial charge in [-0.2, -0.15) is 5.26 Å². The number of nitrogens with one attached hydrogen (secondary N) is 2. The first-order valence-electron chi connectivity index (χ1n) is 10.5. The first kappa shape index (κ1) is 20.0. The van der Waals surface area contributed by atoms with Gasteiger partial charge in [0.05, 0.1) is 23.6 Å². The molecule has 0 saturated carbocycles. The highest BCUT2D eigenvalue weighted by Gasteiger charge is 2.27.